The highest BCUT2D eigenvalue weighted by molar-refractivity contribution is 7.91. The van der Waals surface area contributed by atoms with Gasteiger partial charge in [0.25, 0.3) is 0 Å². The topological polar surface area (TPSA) is 46.2 Å². The normalized spacial score (nSPS) is 14.1. The van der Waals surface area contributed by atoms with Gasteiger partial charge in [0.15, 0.2) is 0 Å². The van der Waals surface area contributed by atoms with Gasteiger partial charge in [-0.1, -0.05) is 26.7 Å². The van der Waals surface area contributed by atoms with Gasteiger partial charge in [-0.2, -0.15) is 0 Å². The molecule has 3 nitrogen and oxygen atoms in total. The van der Waals surface area contributed by atoms with Gasteiger partial charge in [0, 0.05) is 16.8 Å². The average molecular weight is 310 g/mol. The predicted octanol–water partition coefficient (Wildman–Crippen LogP) is 3.38. The van der Waals surface area contributed by atoms with E-state index in [4.69, 9.17) is 11.6 Å². The lowest BCUT2D eigenvalue weighted by Gasteiger charge is -2.19. The monoisotopic (exact) mass is 309 g/mol. The molecule has 0 amide bonds. The molecule has 1 atom stereocenters. The molecule has 1 N–H and O–H groups in total. The Morgan fingerprint density at radius 1 is 1.33 bits per heavy atom. The van der Waals surface area contributed by atoms with Crippen molar-refractivity contribution in [3.05, 3.63) is 17.0 Å². The number of hydrogen-bond acceptors (Lipinski definition) is 3. The number of nitrogens with one attached hydrogen (secondary N) is 1. The van der Waals surface area contributed by atoms with Crippen molar-refractivity contribution < 1.29 is 8.42 Å². The molecule has 0 bridgehead atoms. The van der Waals surface area contributed by atoms with E-state index < -0.39 is 10.0 Å². The van der Waals surface area contributed by atoms with Gasteiger partial charge in [-0.05, 0) is 25.0 Å². The Balaban J connectivity index is 2.62. The summed E-state index contributed by atoms with van der Waals surface area (Å²) in [5, 5.41) is -0.157. The van der Waals surface area contributed by atoms with Crippen LogP contribution in [-0.4, -0.2) is 20.3 Å². The fourth-order valence-corrected chi connectivity index (χ4v) is 4.70. The molecule has 18 heavy (non-hydrogen) atoms. The number of thiophene rings is 1. The fraction of sp³-hybridized carbons (Fsp3) is 0.667. The van der Waals surface area contributed by atoms with Crippen molar-refractivity contribution in [2.75, 3.05) is 6.54 Å². The molecule has 1 unspecified atom stereocenters. The molecule has 1 rings (SSSR count). The zero-order valence-electron chi connectivity index (χ0n) is 10.9. The maximum atomic E-state index is 12.0. The van der Waals surface area contributed by atoms with E-state index in [0.717, 1.165) is 17.7 Å². The molecule has 0 spiro atoms. The number of aryl methyl sites for hydroxylation is 1. The molecule has 6 heteroatoms. The number of halogens is 1. The highest BCUT2D eigenvalue weighted by Gasteiger charge is 2.21. The Kier molecular flexibility index (Phi) is 6.11. The average Bonchev–Trinajstić information content (AvgIpc) is 2.76. The first-order valence-corrected chi connectivity index (χ1v) is 8.84. The Labute approximate surface area is 119 Å². The van der Waals surface area contributed by atoms with E-state index >= 15 is 0 Å². The lowest BCUT2D eigenvalue weighted by molar-refractivity contribution is 0.460. The predicted molar refractivity (Wildman–Crippen MR) is 78.0 cm³/mol. The van der Waals surface area contributed by atoms with Gasteiger partial charge in [0.2, 0.25) is 10.0 Å². The molecule has 1 aromatic heterocycles. The van der Waals surface area contributed by atoms with E-state index in [9.17, 15) is 8.42 Å². The minimum atomic E-state index is -3.40. The maximum absolute atomic E-state index is 12.0. The van der Waals surface area contributed by atoms with Crippen LogP contribution in [0.15, 0.2) is 16.3 Å². The summed E-state index contributed by atoms with van der Waals surface area (Å²) in [5.41, 5.74) is 0. The second-order valence-electron chi connectivity index (χ2n) is 4.31. The zero-order chi connectivity index (χ0) is 13.8. The van der Waals surface area contributed by atoms with E-state index in [0.29, 0.717) is 10.1 Å². The molecule has 0 aliphatic carbocycles. The smallest absolute Gasteiger partial charge is 0.209 e. The third-order valence-corrected chi connectivity index (χ3v) is 6.44. The van der Waals surface area contributed by atoms with E-state index in [-0.39, 0.29) is 11.9 Å². The van der Waals surface area contributed by atoms with Crippen molar-refractivity contribution in [2.24, 2.45) is 5.92 Å². The molecule has 0 aliphatic rings. The second-order valence-corrected chi connectivity index (χ2v) is 8.15. The number of sulfonamides is 1. The summed E-state index contributed by atoms with van der Waals surface area (Å²) in [6.07, 6.45) is 1.93. The van der Waals surface area contributed by atoms with Crippen molar-refractivity contribution >= 4 is 33.0 Å². The van der Waals surface area contributed by atoms with Crippen molar-refractivity contribution in [3.8, 4) is 0 Å². The van der Waals surface area contributed by atoms with E-state index in [1.165, 1.54) is 11.3 Å². The van der Waals surface area contributed by atoms with Gasteiger partial charge in [-0.15, -0.1) is 22.9 Å². The molecule has 0 saturated carbocycles. The van der Waals surface area contributed by atoms with Crippen LogP contribution < -0.4 is 4.72 Å². The molecule has 0 aromatic carbocycles. The summed E-state index contributed by atoms with van der Waals surface area (Å²) in [5.74, 6) is 0.347. The summed E-state index contributed by atoms with van der Waals surface area (Å²) in [7, 11) is -3.40. The first kappa shape index (κ1) is 16.0. The number of alkyl halides is 1. The quantitative estimate of drug-likeness (QED) is 0.785. The molecule has 0 radical (unpaired) electrons. The Bertz CT molecular complexity index is 466. The standard InChI is InChI=1S/C12H20ClNO2S2/c1-4-10(5-2)11(13)8-14-18(15,16)12-7-6-9(3)17-12/h6-7,10-11,14H,4-5,8H2,1-3H3. The molecule has 0 aliphatic heterocycles. The first-order chi connectivity index (χ1) is 8.40. The van der Waals surface area contributed by atoms with E-state index in [1.807, 2.05) is 6.92 Å². The number of hydrogen-bond donors (Lipinski definition) is 1. The van der Waals surface area contributed by atoms with Gasteiger partial charge in [0.05, 0.1) is 0 Å². The van der Waals surface area contributed by atoms with Crippen LogP contribution >= 0.6 is 22.9 Å². The summed E-state index contributed by atoms with van der Waals surface area (Å²) < 4.78 is 26.9. The van der Waals surface area contributed by atoms with Gasteiger partial charge in [-0.25, -0.2) is 13.1 Å². The van der Waals surface area contributed by atoms with Gasteiger partial charge < -0.3 is 0 Å². The maximum Gasteiger partial charge on any atom is 0.250 e. The molecular formula is C12H20ClNO2S2. The van der Waals surface area contributed by atoms with Crippen molar-refractivity contribution in [1.82, 2.24) is 4.72 Å². The first-order valence-electron chi connectivity index (χ1n) is 6.10. The largest absolute Gasteiger partial charge is 0.250 e. The lowest BCUT2D eigenvalue weighted by atomic mass is 9.99. The molecule has 0 fully saturated rings. The fourth-order valence-electron chi connectivity index (χ4n) is 1.78. The highest BCUT2D eigenvalue weighted by Crippen LogP contribution is 2.22. The number of rotatable bonds is 7. The van der Waals surface area contributed by atoms with Crippen LogP contribution in [0.1, 0.15) is 31.6 Å². The van der Waals surface area contributed by atoms with Crippen LogP contribution in [-0.2, 0) is 10.0 Å². The Hall–Kier alpha value is -0.100. The van der Waals surface area contributed by atoms with Crippen LogP contribution in [0, 0.1) is 12.8 Å². The third-order valence-electron chi connectivity index (χ3n) is 3.01. The van der Waals surface area contributed by atoms with Gasteiger partial charge >= 0.3 is 0 Å². The molecule has 104 valence electrons. The van der Waals surface area contributed by atoms with Crippen molar-refractivity contribution in [2.45, 2.75) is 43.2 Å². The minimum absolute atomic E-state index is 0.157. The molecule has 1 aromatic rings. The van der Waals surface area contributed by atoms with Crippen LogP contribution in [0.4, 0.5) is 0 Å². The summed E-state index contributed by atoms with van der Waals surface area (Å²) in [6.45, 7) is 6.31. The Morgan fingerprint density at radius 2 is 1.94 bits per heavy atom. The van der Waals surface area contributed by atoms with Gasteiger partial charge in [0.1, 0.15) is 4.21 Å². The van der Waals surface area contributed by atoms with Crippen molar-refractivity contribution in [1.29, 1.82) is 0 Å². The Morgan fingerprint density at radius 3 is 2.39 bits per heavy atom. The van der Waals surface area contributed by atoms with Gasteiger partial charge in [-0.3, -0.25) is 0 Å². The molecule has 0 saturated heterocycles. The highest BCUT2D eigenvalue weighted by atomic mass is 35.5. The van der Waals surface area contributed by atoms with E-state index in [1.54, 1.807) is 12.1 Å². The third kappa shape index (κ3) is 4.23. The molecule has 1 heterocycles. The lowest BCUT2D eigenvalue weighted by Crippen LogP contribution is -2.32. The molecular weight excluding hydrogens is 290 g/mol. The van der Waals surface area contributed by atoms with Crippen LogP contribution in [0.5, 0.6) is 0 Å². The van der Waals surface area contributed by atoms with E-state index in [2.05, 4.69) is 18.6 Å². The van der Waals surface area contributed by atoms with Crippen LogP contribution in [0.2, 0.25) is 0 Å². The second kappa shape index (κ2) is 6.89. The zero-order valence-corrected chi connectivity index (χ0v) is 13.3. The van der Waals surface area contributed by atoms with Crippen LogP contribution in [0.3, 0.4) is 0 Å². The minimum Gasteiger partial charge on any atom is -0.209 e. The van der Waals surface area contributed by atoms with Crippen LogP contribution in [0.25, 0.3) is 0 Å². The SMILES string of the molecule is CCC(CC)C(Cl)CNS(=O)(=O)c1ccc(C)s1. The summed E-state index contributed by atoms with van der Waals surface area (Å²) >= 11 is 7.49. The summed E-state index contributed by atoms with van der Waals surface area (Å²) in [6, 6.07) is 3.43. The van der Waals surface area contributed by atoms with Crippen molar-refractivity contribution in [3.63, 3.8) is 0 Å². The summed E-state index contributed by atoms with van der Waals surface area (Å²) in [4.78, 5) is 0.984.